The molecule has 0 bridgehead atoms. The van der Waals surface area contributed by atoms with Gasteiger partial charge in [-0.2, -0.15) is 0 Å². The molecule has 0 saturated carbocycles. The number of hydrogen-bond acceptors (Lipinski definition) is 4. The first-order chi connectivity index (χ1) is 11.9. The molecule has 1 aliphatic rings. The predicted molar refractivity (Wildman–Crippen MR) is 102 cm³/mol. The maximum absolute atomic E-state index is 15.5. The molecule has 0 amide bonds. The molecule has 0 aliphatic carbocycles. The van der Waals surface area contributed by atoms with Crippen molar-refractivity contribution in [3.8, 4) is 0 Å². The molecule has 2 rings (SSSR count). The number of nitrogens with zero attached hydrogens (tertiary/aromatic N) is 1. The largest absolute Gasteiger partial charge is 0.408 e. The first kappa shape index (κ1) is 21.1. The van der Waals surface area contributed by atoms with Crippen LogP contribution in [-0.4, -0.2) is 42.9 Å². The fourth-order valence-electron chi connectivity index (χ4n) is 2.91. The van der Waals surface area contributed by atoms with E-state index in [1.54, 1.807) is 6.92 Å². The zero-order valence-electron chi connectivity index (χ0n) is 16.8. The number of nitrogens with one attached hydrogen (secondary N) is 1. The van der Waals surface area contributed by atoms with Crippen molar-refractivity contribution in [2.24, 2.45) is 0 Å². The molecule has 4 unspecified atom stereocenters. The average Bonchev–Trinajstić information content (AvgIpc) is 2.52. The highest BCUT2D eigenvalue weighted by molar-refractivity contribution is 6.74. The Morgan fingerprint density at radius 2 is 2.00 bits per heavy atom. The van der Waals surface area contributed by atoms with E-state index in [1.165, 1.54) is 10.8 Å². The molecular weight excluding hydrogens is 355 g/mol. The number of halogens is 1. The van der Waals surface area contributed by atoms with E-state index >= 15 is 4.39 Å². The number of ether oxygens (including phenoxy) is 1. The molecule has 8 heteroatoms. The van der Waals surface area contributed by atoms with Crippen molar-refractivity contribution < 1.29 is 13.6 Å². The summed E-state index contributed by atoms with van der Waals surface area (Å²) in [4.78, 5) is 26.0. The molecule has 4 atom stereocenters. The van der Waals surface area contributed by atoms with E-state index in [2.05, 4.69) is 38.8 Å². The zero-order chi connectivity index (χ0) is 19.9. The highest BCUT2D eigenvalue weighted by Crippen LogP contribution is 2.40. The molecular formula is C18H31FN2O4Si. The molecule has 1 aromatic heterocycles. The van der Waals surface area contributed by atoms with Gasteiger partial charge in [0.15, 0.2) is 14.5 Å². The van der Waals surface area contributed by atoms with Crippen molar-refractivity contribution in [3.05, 3.63) is 32.6 Å². The Labute approximate surface area is 154 Å². The summed E-state index contributed by atoms with van der Waals surface area (Å²) < 4.78 is 29.0. The summed E-state index contributed by atoms with van der Waals surface area (Å²) in [6, 6.07) is -0.824. The van der Waals surface area contributed by atoms with Crippen LogP contribution in [0.1, 0.15) is 45.7 Å². The van der Waals surface area contributed by atoms with Gasteiger partial charge in [0.2, 0.25) is 0 Å². The maximum Gasteiger partial charge on any atom is 0.328 e. The van der Waals surface area contributed by atoms with Crippen LogP contribution in [0.3, 0.4) is 0 Å². The van der Waals surface area contributed by atoms with Crippen LogP contribution < -0.4 is 11.2 Å². The SMILES string of the molecule is CCC1OCC(n2cc(C)c(=O)[nH]c2=O)C(F)C1O[Si](C)(C)C(C)(C)C. The van der Waals surface area contributed by atoms with Crippen molar-refractivity contribution in [2.45, 2.75) is 83.6 Å². The Balaban J connectivity index is 2.38. The monoisotopic (exact) mass is 386 g/mol. The highest BCUT2D eigenvalue weighted by Gasteiger charge is 2.48. The molecule has 0 aromatic carbocycles. The number of aromatic amines is 1. The Bertz CT molecular complexity index is 753. The standard InChI is InChI=1S/C18H31FN2O4Si/c1-8-13-15(25-26(6,7)18(3,4)5)14(19)12(10-24-13)21-9-11(2)16(22)20-17(21)23/h9,12-15H,8,10H2,1-7H3,(H,20,22,23). The lowest BCUT2D eigenvalue weighted by atomic mass is 9.97. The summed E-state index contributed by atoms with van der Waals surface area (Å²) in [7, 11) is -2.22. The number of rotatable bonds is 4. The minimum Gasteiger partial charge on any atom is -0.408 e. The Morgan fingerprint density at radius 3 is 2.54 bits per heavy atom. The van der Waals surface area contributed by atoms with Gasteiger partial charge >= 0.3 is 5.69 Å². The van der Waals surface area contributed by atoms with Crippen LogP contribution in [0.4, 0.5) is 4.39 Å². The van der Waals surface area contributed by atoms with Gasteiger partial charge in [-0.1, -0.05) is 27.7 Å². The fraction of sp³-hybridized carbons (Fsp3) is 0.778. The number of hydrogen-bond donors (Lipinski definition) is 1. The van der Waals surface area contributed by atoms with Gasteiger partial charge in [-0.05, 0) is 31.5 Å². The molecule has 0 spiro atoms. The van der Waals surface area contributed by atoms with Gasteiger partial charge in [0.05, 0.1) is 18.8 Å². The van der Waals surface area contributed by atoms with Crippen molar-refractivity contribution in [3.63, 3.8) is 0 Å². The molecule has 1 N–H and O–H groups in total. The normalized spacial score (nSPS) is 27.5. The van der Waals surface area contributed by atoms with E-state index in [0.29, 0.717) is 12.0 Å². The van der Waals surface area contributed by atoms with Crippen molar-refractivity contribution in [1.29, 1.82) is 0 Å². The minimum absolute atomic E-state index is 0.0661. The summed E-state index contributed by atoms with van der Waals surface area (Å²) in [6.07, 6.45) is -0.455. The Morgan fingerprint density at radius 1 is 1.38 bits per heavy atom. The number of alkyl halides is 1. The van der Waals surface area contributed by atoms with Crippen LogP contribution >= 0.6 is 0 Å². The highest BCUT2D eigenvalue weighted by atomic mass is 28.4. The average molecular weight is 387 g/mol. The summed E-state index contributed by atoms with van der Waals surface area (Å²) >= 11 is 0. The minimum atomic E-state index is -2.22. The van der Waals surface area contributed by atoms with E-state index in [0.717, 1.165) is 0 Å². The second-order valence-electron chi connectivity index (χ2n) is 8.61. The van der Waals surface area contributed by atoms with E-state index in [1.807, 2.05) is 6.92 Å². The van der Waals surface area contributed by atoms with Gasteiger partial charge in [-0.25, -0.2) is 9.18 Å². The van der Waals surface area contributed by atoms with Gasteiger partial charge in [0.1, 0.15) is 6.10 Å². The van der Waals surface area contributed by atoms with Crippen molar-refractivity contribution in [1.82, 2.24) is 9.55 Å². The molecule has 2 heterocycles. The second kappa shape index (κ2) is 7.40. The number of aromatic nitrogens is 2. The Kier molecular flexibility index (Phi) is 5.99. The van der Waals surface area contributed by atoms with Gasteiger partial charge in [-0.15, -0.1) is 0 Å². The molecule has 1 aliphatic heterocycles. The molecule has 1 aromatic rings. The first-order valence-electron chi connectivity index (χ1n) is 9.14. The fourth-order valence-corrected chi connectivity index (χ4v) is 4.22. The van der Waals surface area contributed by atoms with Gasteiger partial charge < -0.3 is 9.16 Å². The number of H-pyrrole nitrogens is 1. The van der Waals surface area contributed by atoms with E-state index in [9.17, 15) is 9.59 Å². The predicted octanol–water partition coefficient (Wildman–Crippen LogP) is 2.92. The number of aryl methyl sites for hydroxylation is 1. The molecule has 1 saturated heterocycles. The van der Waals surface area contributed by atoms with Gasteiger partial charge in [0.25, 0.3) is 5.56 Å². The maximum atomic E-state index is 15.5. The lowest BCUT2D eigenvalue weighted by Gasteiger charge is -2.46. The second-order valence-corrected chi connectivity index (χ2v) is 13.4. The molecule has 148 valence electrons. The Hall–Kier alpha value is -1.25. The lowest BCUT2D eigenvalue weighted by molar-refractivity contribution is -0.131. The van der Waals surface area contributed by atoms with Crippen LogP contribution in [-0.2, 0) is 9.16 Å². The van der Waals surface area contributed by atoms with Crippen LogP contribution in [0.15, 0.2) is 15.8 Å². The summed E-state index contributed by atoms with van der Waals surface area (Å²) in [5.41, 5.74) is -0.729. The molecule has 6 nitrogen and oxygen atoms in total. The quantitative estimate of drug-likeness (QED) is 0.808. The zero-order valence-corrected chi connectivity index (χ0v) is 17.8. The van der Waals surface area contributed by atoms with Crippen molar-refractivity contribution in [2.75, 3.05) is 6.61 Å². The third kappa shape index (κ3) is 4.02. The van der Waals surface area contributed by atoms with Crippen LogP contribution in [0.25, 0.3) is 0 Å². The molecule has 26 heavy (non-hydrogen) atoms. The van der Waals surface area contributed by atoms with E-state index < -0.39 is 37.9 Å². The van der Waals surface area contributed by atoms with Crippen LogP contribution in [0.2, 0.25) is 18.1 Å². The van der Waals surface area contributed by atoms with Crippen LogP contribution in [0, 0.1) is 6.92 Å². The smallest absolute Gasteiger partial charge is 0.328 e. The third-order valence-corrected chi connectivity index (χ3v) is 10.1. The molecule has 1 fully saturated rings. The van der Waals surface area contributed by atoms with Crippen molar-refractivity contribution >= 4 is 8.32 Å². The van der Waals surface area contributed by atoms with Gasteiger partial charge in [0, 0.05) is 11.8 Å². The lowest BCUT2D eigenvalue weighted by Crippen LogP contribution is -2.57. The third-order valence-electron chi connectivity index (χ3n) is 5.67. The summed E-state index contributed by atoms with van der Waals surface area (Å²) in [5, 5.41) is -0.0661. The van der Waals surface area contributed by atoms with Gasteiger partial charge in [-0.3, -0.25) is 14.3 Å². The summed E-state index contributed by atoms with van der Waals surface area (Å²) in [6.45, 7) is 14.1. The topological polar surface area (TPSA) is 73.3 Å². The molecule has 0 radical (unpaired) electrons. The van der Waals surface area contributed by atoms with Crippen LogP contribution in [0.5, 0.6) is 0 Å². The first-order valence-corrected chi connectivity index (χ1v) is 12.1. The summed E-state index contributed by atoms with van der Waals surface area (Å²) in [5.74, 6) is 0. The van der Waals surface area contributed by atoms with E-state index in [4.69, 9.17) is 9.16 Å². The van der Waals surface area contributed by atoms with E-state index in [-0.39, 0.29) is 17.7 Å².